The lowest BCUT2D eigenvalue weighted by Gasteiger charge is -2.18. The average Bonchev–Trinajstić information content (AvgIpc) is 3.26. The minimum atomic E-state index is -1.66. The summed E-state index contributed by atoms with van der Waals surface area (Å²) < 4.78 is 18.0. The van der Waals surface area contributed by atoms with Crippen molar-refractivity contribution in [2.75, 3.05) is 19.6 Å². The van der Waals surface area contributed by atoms with Gasteiger partial charge >= 0.3 is 11.9 Å². The number of rotatable bonds is 6. The van der Waals surface area contributed by atoms with E-state index in [1.807, 2.05) is 0 Å². The molecule has 0 aliphatic carbocycles. The molecule has 0 aliphatic heterocycles. The molecule has 3 rings (SSSR count). The van der Waals surface area contributed by atoms with Gasteiger partial charge in [0.25, 0.3) is 0 Å². The van der Waals surface area contributed by atoms with E-state index in [0.29, 0.717) is 16.3 Å². The number of amides is 1. The number of quaternary nitrogens is 1. The van der Waals surface area contributed by atoms with Crippen molar-refractivity contribution in [1.29, 1.82) is 0 Å². The predicted molar refractivity (Wildman–Crippen MR) is 110 cm³/mol. The molecule has 0 unspecified atom stereocenters. The summed E-state index contributed by atoms with van der Waals surface area (Å²) in [5, 5.41) is 32.0. The fourth-order valence-electron chi connectivity index (χ4n) is 2.27. The Morgan fingerprint density at radius 2 is 1.77 bits per heavy atom. The molecule has 0 bridgehead atoms. The first-order valence-corrected chi connectivity index (χ1v) is 9.48. The molecule has 2 aromatic carbocycles. The number of hydrogen-bond acceptors (Lipinski definition) is 8. The summed E-state index contributed by atoms with van der Waals surface area (Å²) in [4.78, 5) is 13.6. The van der Waals surface area contributed by atoms with Gasteiger partial charge in [-0.1, -0.05) is 12.1 Å². The number of aromatic nitrogens is 1. The van der Waals surface area contributed by atoms with Crippen molar-refractivity contribution in [3.8, 4) is 10.6 Å². The molecule has 1 heterocycles. The molecule has 1 amide bonds. The van der Waals surface area contributed by atoms with Crippen LogP contribution in [0.4, 0.5) is 20.7 Å². The van der Waals surface area contributed by atoms with E-state index < -0.39 is 11.0 Å². The quantitative estimate of drug-likeness (QED) is 0.295. The van der Waals surface area contributed by atoms with Gasteiger partial charge in [0.15, 0.2) is 0 Å². The van der Waals surface area contributed by atoms with Gasteiger partial charge in [-0.3, -0.25) is 0 Å². The smallest absolute Gasteiger partial charge is 0.407 e. The Hall–Kier alpha value is -3.09. The number of nitrogens with zero attached hydrogens (tertiary/aromatic N) is 2. The highest BCUT2D eigenvalue weighted by Gasteiger charge is 2.31. The lowest BCUT2D eigenvalue weighted by Crippen LogP contribution is -2.48. The number of benzene rings is 2. The maximum atomic E-state index is 13.0. The van der Waals surface area contributed by atoms with Gasteiger partial charge in [-0.05, 0) is 42.0 Å². The van der Waals surface area contributed by atoms with Gasteiger partial charge in [-0.25, -0.2) is 9.18 Å². The van der Waals surface area contributed by atoms with Gasteiger partial charge in [0.05, 0.1) is 11.1 Å². The second-order valence-electron chi connectivity index (χ2n) is 5.75. The highest BCUT2D eigenvalue weighted by Crippen LogP contribution is 2.29. The molecule has 0 aliphatic rings. The number of hydrogen-bond donors (Lipinski definition) is 5. The number of aliphatic hydroxyl groups is 1. The Bertz CT molecular complexity index is 948. The topological polar surface area (TPSA) is 124 Å². The third-order valence-electron chi connectivity index (χ3n) is 3.72. The molecule has 0 saturated carbocycles. The number of halogens is 1. The van der Waals surface area contributed by atoms with Gasteiger partial charge in [-0.15, -0.1) is 21.8 Å². The van der Waals surface area contributed by atoms with Crippen molar-refractivity contribution < 1.29 is 29.4 Å². The van der Waals surface area contributed by atoms with Gasteiger partial charge in [0.2, 0.25) is 0 Å². The first-order valence-electron chi connectivity index (χ1n) is 8.60. The van der Waals surface area contributed by atoms with Crippen LogP contribution in [0.15, 0.2) is 53.9 Å². The first-order chi connectivity index (χ1) is 14.4. The van der Waals surface area contributed by atoms with E-state index in [1.54, 1.807) is 36.4 Å². The summed E-state index contributed by atoms with van der Waals surface area (Å²) in [5.41, 5.74) is 4.33. The van der Waals surface area contributed by atoms with Crippen molar-refractivity contribution in [3.05, 3.63) is 65.3 Å². The Kier molecular flexibility index (Phi) is 8.21. The van der Waals surface area contributed by atoms with Crippen LogP contribution in [-0.2, 0) is 11.3 Å². The Morgan fingerprint density at radius 1 is 1.13 bits per heavy atom. The fraction of sp³-hybridized carbons (Fsp3) is 0.158. The van der Waals surface area contributed by atoms with Crippen LogP contribution in [0.25, 0.3) is 10.6 Å². The molecule has 0 radical (unpaired) electrons. The highest BCUT2D eigenvalue weighted by molar-refractivity contribution is 7.13. The number of aliphatic hydroxyl groups excluding tert-OH is 1. The number of carbonyl (C=O) groups is 1. The summed E-state index contributed by atoms with van der Waals surface area (Å²) in [6, 6.07) is 12.3. The van der Waals surface area contributed by atoms with E-state index in [0.717, 1.165) is 12.7 Å². The molecule has 0 fully saturated rings. The molecule has 30 heavy (non-hydrogen) atoms. The standard InChI is InChI=1S/C18H17FN4O4S.CH4O/c1-20-18(24)27-10-12-2-8-15(9-3-12)22-23(25,26)16-11-28-17(21-16)13-4-6-14(19)7-5-13;1-2/h2-9,11,22,25-26H,10H2,1H3;2H,1H3/p+1. The van der Waals surface area contributed by atoms with Crippen LogP contribution in [0.2, 0.25) is 0 Å². The number of nitrogens with one attached hydrogen (secondary N) is 2. The van der Waals surface area contributed by atoms with Crippen molar-refractivity contribution in [2.45, 2.75) is 6.61 Å². The second-order valence-corrected chi connectivity index (χ2v) is 6.61. The normalized spacial score (nSPS) is 10.6. The van der Waals surface area contributed by atoms with Crippen LogP contribution in [0, 0.1) is 5.82 Å². The minimum Gasteiger partial charge on any atom is -0.445 e. The molecule has 3 aromatic rings. The van der Waals surface area contributed by atoms with Crippen molar-refractivity contribution in [2.24, 2.45) is 0 Å². The average molecular weight is 437 g/mol. The third-order valence-corrected chi connectivity index (χ3v) is 4.59. The number of alkyl carbamates (subject to hydrolysis) is 1. The minimum absolute atomic E-state index is 0.0450. The van der Waals surface area contributed by atoms with Crippen molar-refractivity contribution in [3.63, 3.8) is 0 Å². The SMILES string of the molecule is CNC(=O)OCc1ccc(N[N+](O)(O)c2csc(-c3ccc(F)cc3)n2)cc1.CO. The van der Waals surface area contributed by atoms with E-state index >= 15 is 0 Å². The summed E-state index contributed by atoms with van der Waals surface area (Å²) in [6.07, 6.45) is -0.538. The van der Waals surface area contributed by atoms with Gasteiger partial charge in [0, 0.05) is 19.7 Å². The monoisotopic (exact) mass is 437 g/mol. The number of thiazole rings is 1. The van der Waals surface area contributed by atoms with Gasteiger partial charge < -0.3 is 15.2 Å². The maximum Gasteiger partial charge on any atom is 0.407 e. The lowest BCUT2D eigenvalue weighted by molar-refractivity contribution is -0.274. The molecule has 0 spiro atoms. The van der Waals surface area contributed by atoms with Crippen LogP contribution in [-0.4, -0.2) is 40.8 Å². The van der Waals surface area contributed by atoms with Crippen molar-refractivity contribution in [1.82, 2.24) is 15.2 Å². The largest absolute Gasteiger partial charge is 0.445 e. The molecule has 11 heteroatoms. The Balaban J connectivity index is 0.00000155. The summed E-state index contributed by atoms with van der Waals surface area (Å²) in [6.45, 7) is 0.0886. The van der Waals surface area contributed by atoms with E-state index in [-0.39, 0.29) is 18.2 Å². The number of anilines is 1. The number of ether oxygens (including phenoxy) is 1. The van der Waals surface area contributed by atoms with Crippen LogP contribution >= 0.6 is 11.3 Å². The van der Waals surface area contributed by atoms with Crippen LogP contribution < -0.4 is 15.7 Å². The molecule has 0 atom stereocenters. The zero-order valence-corrected chi connectivity index (χ0v) is 17.1. The molecular formula is C19H22FN4O5S+. The summed E-state index contributed by atoms with van der Waals surface area (Å²) in [7, 11) is 2.47. The third kappa shape index (κ3) is 6.20. The van der Waals surface area contributed by atoms with E-state index in [2.05, 4.69) is 15.7 Å². The molecule has 9 nitrogen and oxygen atoms in total. The fourth-order valence-corrected chi connectivity index (χ4v) is 3.10. The zero-order valence-electron chi connectivity index (χ0n) is 16.2. The summed E-state index contributed by atoms with van der Waals surface area (Å²) >= 11 is 1.20. The molecule has 0 saturated heterocycles. The molecule has 160 valence electrons. The van der Waals surface area contributed by atoms with Crippen LogP contribution in [0.1, 0.15) is 5.56 Å². The van der Waals surface area contributed by atoms with Crippen molar-refractivity contribution >= 4 is 28.9 Å². The highest BCUT2D eigenvalue weighted by atomic mass is 32.1. The van der Waals surface area contributed by atoms with Gasteiger partial charge in [0.1, 0.15) is 22.4 Å². The van der Waals surface area contributed by atoms with E-state index in [9.17, 15) is 19.6 Å². The predicted octanol–water partition coefficient (Wildman–Crippen LogP) is 3.53. The van der Waals surface area contributed by atoms with E-state index in [1.165, 1.54) is 35.9 Å². The molecular weight excluding hydrogens is 415 g/mol. The van der Waals surface area contributed by atoms with Crippen LogP contribution in [0.3, 0.4) is 0 Å². The van der Waals surface area contributed by atoms with Gasteiger partial charge in [-0.2, -0.15) is 10.4 Å². The maximum absolute atomic E-state index is 13.0. The first kappa shape index (κ1) is 23.2. The number of carbonyl (C=O) groups excluding carboxylic acids is 1. The Labute approximate surface area is 176 Å². The van der Waals surface area contributed by atoms with Crippen LogP contribution in [0.5, 0.6) is 0 Å². The molecule has 5 N–H and O–H groups in total. The summed E-state index contributed by atoms with van der Waals surface area (Å²) in [5.74, 6) is -0.405. The Morgan fingerprint density at radius 3 is 2.37 bits per heavy atom. The second kappa shape index (κ2) is 10.6. The lowest BCUT2D eigenvalue weighted by atomic mass is 10.2. The molecule has 1 aromatic heterocycles. The zero-order chi connectivity index (χ0) is 22.1. The van der Waals surface area contributed by atoms with E-state index in [4.69, 9.17) is 9.84 Å².